The Balaban J connectivity index is 1.94. The lowest BCUT2D eigenvalue weighted by atomic mass is 10.1. The third-order valence-corrected chi connectivity index (χ3v) is 4.35. The van der Waals surface area contributed by atoms with Crippen LogP contribution in [0, 0.1) is 0 Å². The Bertz CT molecular complexity index is 714. The fourth-order valence-electron chi connectivity index (χ4n) is 2.79. The molecular weight excluding hydrogens is 380 g/mol. The second-order valence-corrected chi connectivity index (χ2v) is 6.51. The number of aliphatic hydroxyl groups excluding tert-OH is 2. The van der Waals surface area contributed by atoms with Crippen LogP contribution in [-0.4, -0.2) is 57.2 Å². The smallest absolute Gasteiger partial charge is 0.412 e. The van der Waals surface area contributed by atoms with Gasteiger partial charge in [-0.2, -0.15) is 13.8 Å². The number of unbranched alkanes of at least 4 members (excludes halogenated alkanes) is 4. The normalized spacial score (nSPS) is 23.5. The van der Waals surface area contributed by atoms with Gasteiger partial charge in [0.1, 0.15) is 11.9 Å². The van der Waals surface area contributed by atoms with E-state index in [0.717, 1.165) is 37.9 Å². The van der Waals surface area contributed by atoms with Crippen molar-refractivity contribution < 1.29 is 33.3 Å². The molecule has 9 nitrogen and oxygen atoms in total. The van der Waals surface area contributed by atoms with Gasteiger partial charge < -0.3 is 19.7 Å². The van der Waals surface area contributed by atoms with Crippen LogP contribution in [0.4, 0.5) is 19.4 Å². The summed E-state index contributed by atoms with van der Waals surface area (Å²) < 4.78 is 38.5. The van der Waals surface area contributed by atoms with E-state index in [1.807, 2.05) is 0 Å². The van der Waals surface area contributed by atoms with Gasteiger partial charge in [0, 0.05) is 6.20 Å². The molecule has 1 aliphatic rings. The number of carbonyl (C=O) groups is 1. The molecule has 0 spiro atoms. The highest BCUT2D eigenvalue weighted by Gasteiger charge is 2.59. The number of hydrogen-bond acceptors (Lipinski definition) is 7. The molecule has 1 aliphatic heterocycles. The van der Waals surface area contributed by atoms with Gasteiger partial charge in [-0.25, -0.2) is 9.59 Å². The van der Waals surface area contributed by atoms with Crippen molar-refractivity contribution in [2.24, 2.45) is 0 Å². The molecule has 3 atom stereocenters. The Labute approximate surface area is 160 Å². The summed E-state index contributed by atoms with van der Waals surface area (Å²) in [4.78, 5) is 27.3. The van der Waals surface area contributed by atoms with Crippen molar-refractivity contribution in [3.63, 3.8) is 0 Å². The van der Waals surface area contributed by atoms with Gasteiger partial charge in [-0.3, -0.25) is 9.88 Å². The van der Waals surface area contributed by atoms with Crippen LogP contribution < -0.4 is 11.0 Å². The molecule has 0 radical (unpaired) electrons. The molecule has 0 saturated carbocycles. The number of nitrogens with zero attached hydrogens (tertiary/aromatic N) is 2. The number of alkyl halides is 2. The molecule has 158 valence electrons. The number of aromatic nitrogens is 2. The average Bonchev–Trinajstić information content (AvgIpc) is 2.88. The van der Waals surface area contributed by atoms with Gasteiger partial charge in [0.05, 0.1) is 13.2 Å². The zero-order valence-electron chi connectivity index (χ0n) is 15.5. The van der Waals surface area contributed by atoms with Crippen LogP contribution in [0.5, 0.6) is 0 Å². The maximum Gasteiger partial charge on any atom is 0.412 e. The zero-order valence-corrected chi connectivity index (χ0v) is 15.5. The quantitative estimate of drug-likeness (QED) is 0.534. The predicted molar refractivity (Wildman–Crippen MR) is 94.2 cm³/mol. The van der Waals surface area contributed by atoms with Crippen LogP contribution in [0.15, 0.2) is 17.1 Å². The second kappa shape index (κ2) is 9.89. The lowest BCUT2D eigenvalue weighted by Crippen LogP contribution is -2.41. The summed E-state index contributed by atoms with van der Waals surface area (Å²) in [5.74, 6) is -3.97. The first-order valence-corrected chi connectivity index (χ1v) is 9.16. The molecular formula is C17H25F2N3O6. The van der Waals surface area contributed by atoms with E-state index in [9.17, 15) is 23.5 Å². The molecule has 0 aromatic carbocycles. The average molecular weight is 405 g/mol. The minimum atomic E-state index is -3.80. The summed E-state index contributed by atoms with van der Waals surface area (Å²) in [7, 11) is 0. The van der Waals surface area contributed by atoms with Gasteiger partial charge in [0.2, 0.25) is 6.23 Å². The first-order chi connectivity index (χ1) is 13.3. The van der Waals surface area contributed by atoms with Crippen molar-refractivity contribution >= 4 is 11.9 Å². The van der Waals surface area contributed by atoms with Gasteiger partial charge in [0.25, 0.3) is 0 Å². The van der Waals surface area contributed by atoms with Gasteiger partial charge in [-0.05, 0) is 12.5 Å². The lowest BCUT2D eigenvalue weighted by Gasteiger charge is -2.21. The third kappa shape index (κ3) is 5.24. The number of ether oxygens (including phenoxy) is 2. The molecule has 0 bridgehead atoms. The Kier molecular flexibility index (Phi) is 7.84. The lowest BCUT2D eigenvalue weighted by molar-refractivity contribution is -0.140. The standard InChI is InChI=1S/C17H25F2N3O6/c1-2-3-4-5-6-9-27-16(26)21-12-7-8-22(15(25)20-12)14-17(18,19)13(24)11(10-23)28-14/h7-8,11,13-14,23-24H,2-6,9-10H2,1H3,(H,20,21,25,26)/t11-,13-,14-/m1/s1. The highest BCUT2D eigenvalue weighted by molar-refractivity contribution is 5.83. The van der Waals surface area contributed by atoms with Gasteiger partial charge in [-0.15, -0.1) is 0 Å². The molecule has 28 heavy (non-hydrogen) atoms. The van der Waals surface area contributed by atoms with Crippen LogP contribution in [0.2, 0.25) is 0 Å². The van der Waals surface area contributed by atoms with E-state index < -0.39 is 42.7 Å². The molecule has 0 aliphatic carbocycles. The zero-order chi connectivity index (χ0) is 20.7. The molecule has 2 heterocycles. The number of anilines is 1. The van der Waals surface area contributed by atoms with E-state index in [0.29, 0.717) is 11.0 Å². The fourth-order valence-corrected chi connectivity index (χ4v) is 2.79. The van der Waals surface area contributed by atoms with E-state index in [1.54, 1.807) is 0 Å². The van der Waals surface area contributed by atoms with Gasteiger partial charge in [-0.1, -0.05) is 32.6 Å². The van der Waals surface area contributed by atoms with Crippen molar-refractivity contribution in [2.45, 2.75) is 63.4 Å². The molecule has 1 aromatic heterocycles. The summed E-state index contributed by atoms with van der Waals surface area (Å²) >= 11 is 0. The van der Waals surface area contributed by atoms with E-state index in [1.165, 1.54) is 0 Å². The number of rotatable bonds is 9. The molecule has 1 fully saturated rings. The maximum absolute atomic E-state index is 14.1. The summed E-state index contributed by atoms with van der Waals surface area (Å²) in [5.41, 5.74) is -1.12. The fraction of sp³-hybridized carbons (Fsp3) is 0.706. The Morgan fingerprint density at radius 1 is 1.39 bits per heavy atom. The number of hydrogen-bond donors (Lipinski definition) is 3. The van der Waals surface area contributed by atoms with Crippen molar-refractivity contribution in [3.8, 4) is 0 Å². The van der Waals surface area contributed by atoms with Gasteiger partial charge in [0.15, 0.2) is 6.10 Å². The Hall–Kier alpha value is -2.11. The van der Waals surface area contributed by atoms with E-state index in [4.69, 9.17) is 14.6 Å². The minimum absolute atomic E-state index is 0.169. The predicted octanol–water partition coefficient (Wildman–Crippen LogP) is 1.65. The van der Waals surface area contributed by atoms with Crippen molar-refractivity contribution in [1.82, 2.24) is 9.55 Å². The van der Waals surface area contributed by atoms with Gasteiger partial charge >= 0.3 is 17.7 Å². The summed E-state index contributed by atoms with van der Waals surface area (Å²) in [6.07, 6.45) is -0.834. The van der Waals surface area contributed by atoms with Crippen LogP contribution >= 0.6 is 0 Å². The molecule has 11 heteroatoms. The molecule has 3 N–H and O–H groups in total. The van der Waals surface area contributed by atoms with Crippen LogP contribution in [0.25, 0.3) is 0 Å². The van der Waals surface area contributed by atoms with Crippen molar-refractivity contribution in [2.75, 3.05) is 18.5 Å². The summed E-state index contributed by atoms with van der Waals surface area (Å²) in [5, 5.41) is 20.8. The van der Waals surface area contributed by atoms with E-state index >= 15 is 0 Å². The molecule has 1 amide bonds. The number of nitrogens with one attached hydrogen (secondary N) is 1. The van der Waals surface area contributed by atoms with Crippen molar-refractivity contribution in [1.29, 1.82) is 0 Å². The Morgan fingerprint density at radius 3 is 2.71 bits per heavy atom. The topological polar surface area (TPSA) is 123 Å². The highest BCUT2D eigenvalue weighted by atomic mass is 19.3. The maximum atomic E-state index is 14.1. The SMILES string of the molecule is CCCCCCCOC(=O)Nc1ccn([C@@H]2O[C@H](CO)[C@@H](O)C2(F)F)c(=O)n1. The number of aliphatic hydroxyl groups is 2. The largest absolute Gasteiger partial charge is 0.449 e. The Morgan fingerprint density at radius 2 is 2.11 bits per heavy atom. The van der Waals surface area contributed by atoms with Crippen LogP contribution in [0.1, 0.15) is 45.3 Å². The van der Waals surface area contributed by atoms with Crippen LogP contribution in [0.3, 0.4) is 0 Å². The highest BCUT2D eigenvalue weighted by Crippen LogP contribution is 2.41. The third-order valence-electron chi connectivity index (χ3n) is 4.35. The molecule has 1 saturated heterocycles. The number of amides is 1. The van der Waals surface area contributed by atoms with E-state index in [2.05, 4.69) is 17.2 Å². The van der Waals surface area contributed by atoms with Crippen molar-refractivity contribution in [3.05, 3.63) is 22.7 Å². The summed E-state index contributed by atoms with van der Waals surface area (Å²) in [6, 6.07) is 1.13. The second-order valence-electron chi connectivity index (χ2n) is 6.51. The molecule has 2 rings (SSSR count). The molecule has 0 unspecified atom stereocenters. The van der Waals surface area contributed by atoms with E-state index in [-0.39, 0.29) is 12.4 Å². The first-order valence-electron chi connectivity index (χ1n) is 9.16. The monoisotopic (exact) mass is 405 g/mol. The summed E-state index contributed by atoms with van der Waals surface area (Å²) in [6.45, 7) is 1.48. The number of halogens is 2. The number of carbonyl (C=O) groups excluding carboxylic acids is 1. The molecule has 1 aromatic rings. The van der Waals surface area contributed by atoms with Crippen LogP contribution in [-0.2, 0) is 9.47 Å². The minimum Gasteiger partial charge on any atom is -0.449 e. The first kappa shape index (κ1) is 22.2.